The molecule has 6 nitrogen and oxygen atoms in total. The van der Waals surface area contributed by atoms with Crippen LogP contribution in [0, 0.1) is 0 Å². The maximum Gasteiger partial charge on any atom is 0.261 e. The molecular weight excluding hydrogens is 208 g/mol. The highest BCUT2D eigenvalue weighted by Crippen LogP contribution is 2.06. The molecule has 0 aliphatic rings. The molecule has 1 heterocycles. The van der Waals surface area contributed by atoms with Gasteiger partial charge in [-0.1, -0.05) is 6.07 Å². The molecule has 0 aliphatic heterocycles. The van der Waals surface area contributed by atoms with Gasteiger partial charge in [-0.15, -0.1) is 0 Å². The summed E-state index contributed by atoms with van der Waals surface area (Å²) in [7, 11) is -2.11. The largest absolute Gasteiger partial charge is 0.481 e. The van der Waals surface area contributed by atoms with Crippen molar-refractivity contribution in [3.63, 3.8) is 0 Å². The lowest BCUT2D eigenvalue weighted by molar-refractivity contribution is 0.398. The summed E-state index contributed by atoms with van der Waals surface area (Å²) in [6, 6.07) is 5.25. The average molecular weight is 220 g/mol. The summed E-state index contributed by atoms with van der Waals surface area (Å²) < 4.78 is 30.7. The van der Waals surface area contributed by atoms with Gasteiger partial charge >= 0.3 is 0 Å². The number of nitrogens with two attached hydrogens (primary N) is 1. The molecule has 0 radical (unpaired) electrons. The zero-order chi connectivity index (χ0) is 11.2. The fourth-order valence-electron chi connectivity index (χ4n) is 0.544. The fourth-order valence-corrected chi connectivity index (χ4v) is 0.544. The predicted octanol–water partition coefficient (Wildman–Crippen LogP) is 0.176. The van der Waals surface area contributed by atoms with Gasteiger partial charge < -0.3 is 10.5 Å². The van der Waals surface area contributed by atoms with E-state index in [1.165, 1.54) is 0 Å². The van der Waals surface area contributed by atoms with Crippen LogP contribution in [0.2, 0.25) is 0 Å². The highest BCUT2D eigenvalue weighted by atomic mass is 32.2. The fraction of sp³-hybridized carbons (Fsp3) is 0.286. The van der Waals surface area contributed by atoms with E-state index in [-0.39, 0.29) is 0 Å². The van der Waals surface area contributed by atoms with E-state index >= 15 is 0 Å². The molecule has 0 fully saturated rings. The Hall–Kier alpha value is -1.34. The van der Waals surface area contributed by atoms with Crippen LogP contribution in [0.25, 0.3) is 0 Å². The van der Waals surface area contributed by atoms with Crippen molar-refractivity contribution in [2.45, 2.75) is 0 Å². The minimum atomic E-state index is -3.67. The number of ether oxygens (including phenoxy) is 1. The van der Waals surface area contributed by atoms with Crippen molar-refractivity contribution in [1.29, 1.82) is 0 Å². The lowest BCUT2D eigenvalue weighted by atomic mass is 10.5. The monoisotopic (exact) mass is 220 g/mol. The predicted molar refractivity (Wildman–Crippen MR) is 52.7 cm³/mol. The number of hydrogen-bond donors (Lipinski definition) is 2. The number of pyridine rings is 1. The van der Waals surface area contributed by atoms with Crippen molar-refractivity contribution >= 4 is 15.9 Å². The summed E-state index contributed by atoms with van der Waals surface area (Å²) in [4.78, 5) is 3.85. The Balaban J connectivity index is 0.000000292. The Morgan fingerprint density at radius 1 is 1.50 bits per heavy atom. The van der Waals surface area contributed by atoms with Crippen molar-refractivity contribution in [1.82, 2.24) is 4.98 Å². The van der Waals surface area contributed by atoms with Crippen LogP contribution < -0.4 is 10.5 Å². The van der Waals surface area contributed by atoms with E-state index in [9.17, 15) is 8.42 Å². The molecule has 0 atom stereocenters. The Labute approximate surface area is 82.5 Å². The highest BCUT2D eigenvalue weighted by Gasteiger charge is 1.88. The summed E-state index contributed by atoms with van der Waals surface area (Å²) in [6.07, 6.45) is 0.715. The Morgan fingerprint density at radius 3 is 2.29 bits per heavy atom. The third kappa shape index (κ3) is 8.75. The minimum Gasteiger partial charge on any atom is -0.481 e. The van der Waals surface area contributed by atoms with Crippen LogP contribution in [-0.4, -0.2) is 31.3 Å². The van der Waals surface area contributed by atoms with Gasteiger partial charge in [-0.05, 0) is 6.07 Å². The van der Waals surface area contributed by atoms with E-state index in [0.29, 0.717) is 18.0 Å². The molecule has 0 saturated heterocycles. The van der Waals surface area contributed by atoms with E-state index in [2.05, 4.69) is 4.98 Å². The summed E-state index contributed by atoms with van der Waals surface area (Å²) >= 11 is 0. The van der Waals surface area contributed by atoms with Crippen molar-refractivity contribution in [2.24, 2.45) is 0 Å². The zero-order valence-corrected chi connectivity index (χ0v) is 8.65. The maximum absolute atomic E-state index is 9.19. The number of rotatable bonds is 1. The van der Waals surface area contributed by atoms with E-state index in [0.717, 1.165) is 0 Å². The number of anilines is 1. The number of hydrogen-bond acceptors (Lipinski definition) is 5. The summed E-state index contributed by atoms with van der Waals surface area (Å²) in [6.45, 7) is 0. The molecule has 80 valence electrons. The summed E-state index contributed by atoms with van der Waals surface area (Å²) in [5.41, 5.74) is 5.34. The summed E-state index contributed by atoms with van der Waals surface area (Å²) in [5, 5.41) is 0. The second-order valence-electron chi connectivity index (χ2n) is 2.34. The van der Waals surface area contributed by atoms with Gasteiger partial charge in [0.1, 0.15) is 5.82 Å². The Morgan fingerprint density at radius 2 is 2.00 bits per heavy atom. The Bertz CT molecular complexity index is 369. The van der Waals surface area contributed by atoms with E-state index in [4.69, 9.17) is 15.0 Å². The van der Waals surface area contributed by atoms with E-state index in [1.807, 2.05) is 0 Å². The number of methoxy groups -OCH3 is 1. The molecule has 7 heteroatoms. The van der Waals surface area contributed by atoms with Crippen molar-refractivity contribution < 1.29 is 17.7 Å². The van der Waals surface area contributed by atoms with Gasteiger partial charge in [0.05, 0.1) is 13.4 Å². The molecule has 14 heavy (non-hydrogen) atoms. The average Bonchev–Trinajstić information content (AvgIpc) is 2.01. The molecular formula is C7H12N2O4S. The van der Waals surface area contributed by atoms with E-state index < -0.39 is 10.1 Å². The van der Waals surface area contributed by atoms with Crippen LogP contribution in [0.3, 0.4) is 0 Å². The molecule has 0 aromatic carbocycles. The lowest BCUT2D eigenvalue weighted by Gasteiger charge is -1.96. The SMILES string of the molecule is COc1cccc(N)n1.CS(=O)(=O)O. The molecule has 0 amide bonds. The van der Waals surface area contributed by atoms with Crippen LogP contribution in [0.1, 0.15) is 0 Å². The topological polar surface area (TPSA) is 103 Å². The summed E-state index contributed by atoms with van der Waals surface area (Å²) in [5.74, 6) is 1.03. The van der Waals surface area contributed by atoms with Gasteiger partial charge in [0.25, 0.3) is 10.1 Å². The second-order valence-corrected chi connectivity index (χ2v) is 3.80. The van der Waals surface area contributed by atoms with Crippen LogP contribution in [0.15, 0.2) is 18.2 Å². The Kier molecular flexibility index (Phi) is 4.89. The normalized spacial score (nSPS) is 9.93. The third-order valence-electron chi connectivity index (χ3n) is 0.954. The van der Waals surface area contributed by atoms with Crippen molar-refractivity contribution in [3.05, 3.63) is 18.2 Å². The smallest absolute Gasteiger partial charge is 0.261 e. The first-order valence-corrected chi connectivity index (χ1v) is 5.36. The molecule has 3 N–H and O–H groups in total. The third-order valence-corrected chi connectivity index (χ3v) is 0.954. The van der Waals surface area contributed by atoms with Gasteiger partial charge in [0, 0.05) is 6.07 Å². The zero-order valence-electron chi connectivity index (χ0n) is 7.84. The van der Waals surface area contributed by atoms with E-state index in [1.54, 1.807) is 25.3 Å². The van der Waals surface area contributed by atoms with Gasteiger partial charge in [0.15, 0.2) is 0 Å². The van der Waals surface area contributed by atoms with Crippen LogP contribution >= 0.6 is 0 Å². The molecule has 0 spiro atoms. The first-order chi connectivity index (χ1) is 6.33. The maximum atomic E-state index is 9.19. The number of nitrogens with zero attached hydrogens (tertiary/aromatic N) is 1. The molecule has 1 aromatic rings. The van der Waals surface area contributed by atoms with Gasteiger partial charge in [-0.3, -0.25) is 4.55 Å². The van der Waals surface area contributed by atoms with Crippen LogP contribution in [-0.2, 0) is 10.1 Å². The quantitative estimate of drug-likeness (QED) is 0.654. The first kappa shape index (κ1) is 12.7. The molecule has 0 unspecified atom stereocenters. The lowest BCUT2D eigenvalue weighted by Crippen LogP contribution is -1.91. The van der Waals surface area contributed by atoms with Gasteiger partial charge in [-0.2, -0.15) is 13.4 Å². The molecule has 1 rings (SSSR count). The molecule has 1 aromatic heterocycles. The molecule has 0 saturated carbocycles. The van der Waals surface area contributed by atoms with Crippen LogP contribution in [0.5, 0.6) is 5.88 Å². The first-order valence-electron chi connectivity index (χ1n) is 3.52. The van der Waals surface area contributed by atoms with Gasteiger partial charge in [-0.25, -0.2) is 0 Å². The minimum absolute atomic E-state index is 0.481. The standard InChI is InChI=1S/C6H8N2O.CH4O3S/c1-9-6-4-2-3-5(7)8-6;1-5(2,3)4/h2-4H,1H3,(H2,7,8);1H3,(H,2,3,4). The number of aromatic nitrogens is 1. The number of nitrogen functional groups attached to an aromatic ring is 1. The molecule has 0 aliphatic carbocycles. The van der Waals surface area contributed by atoms with Gasteiger partial charge in [0.2, 0.25) is 5.88 Å². The molecule has 0 bridgehead atoms. The van der Waals surface area contributed by atoms with Crippen molar-refractivity contribution in [2.75, 3.05) is 19.1 Å². The highest BCUT2D eigenvalue weighted by molar-refractivity contribution is 7.85. The van der Waals surface area contributed by atoms with Crippen molar-refractivity contribution in [3.8, 4) is 5.88 Å². The van der Waals surface area contributed by atoms with Crippen LogP contribution in [0.4, 0.5) is 5.82 Å². The second kappa shape index (κ2) is 5.40.